The first-order valence-corrected chi connectivity index (χ1v) is 7.53. The second-order valence-electron chi connectivity index (χ2n) is 6.08. The Balaban J connectivity index is 1.96. The predicted molar refractivity (Wildman–Crippen MR) is 80.9 cm³/mol. The number of hydrogen-bond donors (Lipinski definition) is 1. The summed E-state index contributed by atoms with van der Waals surface area (Å²) in [5.41, 5.74) is 2.24. The first-order valence-electron chi connectivity index (χ1n) is 7.53. The van der Waals surface area contributed by atoms with Gasteiger partial charge in [-0.15, -0.1) is 0 Å². The third-order valence-corrected chi connectivity index (χ3v) is 3.77. The molecule has 4 heteroatoms. The molecule has 0 radical (unpaired) electrons. The number of rotatable bonds is 5. The van der Waals surface area contributed by atoms with Gasteiger partial charge in [0, 0.05) is 6.42 Å². The fourth-order valence-corrected chi connectivity index (χ4v) is 2.49. The minimum Gasteiger partial charge on any atom is -0.464 e. The summed E-state index contributed by atoms with van der Waals surface area (Å²) >= 11 is 0. The lowest BCUT2D eigenvalue weighted by atomic mass is 9.96. The largest absolute Gasteiger partial charge is 0.464 e. The van der Waals surface area contributed by atoms with Crippen molar-refractivity contribution in [2.24, 2.45) is 5.92 Å². The van der Waals surface area contributed by atoms with Gasteiger partial charge in [-0.2, -0.15) is 0 Å². The van der Waals surface area contributed by atoms with Crippen molar-refractivity contribution in [2.75, 3.05) is 6.61 Å². The van der Waals surface area contributed by atoms with Crippen LogP contribution in [0.1, 0.15) is 44.2 Å². The van der Waals surface area contributed by atoms with Gasteiger partial charge in [0.1, 0.15) is 6.04 Å². The number of carbonyl (C=O) groups excluding carboxylic acids is 2. The van der Waals surface area contributed by atoms with Crippen LogP contribution < -0.4 is 5.32 Å². The van der Waals surface area contributed by atoms with Crippen LogP contribution in [0, 0.1) is 5.92 Å². The number of ether oxygens (including phenoxy) is 1. The van der Waals surface area contributed by atoms with Crippen molar-refractivity contribution in [3.63, 3.8) is 0 Å². The maximum Gasteiger partial charge on any atom is 0.328 e. The van der Waals surface area contributed by atoms with E-state index in [0.717, 1.165) is 12.0 Å². The van der Waals surface area contributed by atoms with E-state index < -0.39 is 6.04 Å². The molecule has 1 heterocycles. The lowest BCUT2D eigenvalue weighted by Gasteiger charge is -2.15. The van der Waals surface area contributed by atoms with Crippen LogP contribution in [0.25, 0.3) is 0 Å². The van der Waals surface area contributed by atoms with Gasteiger partial charge in [-0.05, 0) is 30.4 Å². The number of hydrogen-bond acceptors (Lipinski definition) is 3. The third kappa shape index (κ3) is 4.06. The van der Waals surface area contributed by atoms with Crippen molar-refractivity contribution in [1.82, 2.24) is 5.32 Å². The normalized spacial score (nSPS) is 19.4. The van der Waals surface area contributed by atoms with Crippen LogP contribution in [0.3, 0.4) is 0 Å². The highest BCUT2D eigenvalue weighted by Crippen LogP contribution is 2.18. The molecule has 1 amide bonds. The number of esters is 1. The van der Waals surface area contributed by atoms with Crippen molar-refractivity contribution in [3.8, 4) is 0 Å². The fraction of sp³-hybridized carbons (Fsp3) is 0.529. The molecule has 1 aliphatic rings. The first kappa shape index (κ1) is 15.5. The minimum absolute atomic E-state index is 0.129. The number of nitrogens with one attached hydrogen (secondary N) is 1. The molecule has 1 N–H and O–H groups in total. The molecule has 1 aromatic rings. The average molecular weight is 289 g/mol. The van der Waals surface area contributed by atoms with E-state index in [4.69, 9.17) is 4.74 Å². The van der Waals surface area contributed by atoms with Crippen LogP contribution >= 0.6 is 0 Å². The van der Waals surface area contributed by atoms with Gasteiger partial charge >= 0.3 is 5.97 Å². The van der Waals surface area contributed by atoms with Crippen LogP contribution in [-0.2, 0) is 20.7 Å². The average Bonchev–Trinajstić information content (AvgIpc) is 2.83. The second kappa shape index (κ2) is 6.74. The number of amides is 1. The predicted octanol–water partition coefficient (Wildman–Crippen LogP) is 2.42. The summed E-state index contributed by atoms with van der Waals surface area (Å²) in [5, 5.41) is 2.76. The maximum atomic E-state index is 12.2. The van der Waals surface area contributed by atoms with E-state index in [1.54, 1.807) is 0 Å². The quantitative estimate of drug-likeness (QED) is 0.847. The summed E-state index contributed by atoms with van der Waals surface area (Å²) in [5.74, 6) is -0.116. The van der Waals surface area contributed by atoms with Gasteiger partial charge in [-0.25, -0.2) is 4.79 Å². The molecule has 0 aromatic heterocycles. The monoisotopic (exact) mass is 289 g/mol. The molecule has 2 atom stereocenters. The molecule has 0 bridgehead atoms. The Labute approximate surface area is 125 Å². The van der Waals surface area contributed by atoms with Gasteiger partial charge in [0.25, 0.3) is 0 Å². The van der Waals surface area contributed by atoms with E-state index in [1.807, 2.05) is 19.1 Å². The molecule has 1 aliphatic heterocycles. The van der Waals surface area contributed by atoms with E-state index in [-0.39, 0.29) is 17.8 Å². The molecule has 0 aliphatic carbocycles. The smallest absolute Gasteiger partial charge is 0.328 e. The molecule has 4 nitrogen and oxygen atoms in total. The Morgan fingerprint density at radius 2 is 1.95 bits per heavy atom. The van der Waals surface area contributed by atoms with Gasteiger partial charge in [0.05, 0.1) is 12.5 Å². The standard InChI is InChI=1S/C17H23NO3/c1-11(2)10-13-4-6-14(7-5-13)12(3)16(19)18-15-8-9-21-17(15)20/h4-7,11-12,15H,8-10H2,1-3H3,(H,18,19)/t12-,15-/m1/s1. The van der Waals surface area contributed by atoms with Gasteiger partial charge in [0.15, 0.2) is 0 Å². The minimum atomic E-state index is -0.486. The Kier molecular flexibility index (Phi) is 4.99. The van der Waals surface area contributed by atoms with Crippen LogP contribution in [0.15, 0.2) is 24.3 Å². The SMILES string of the molecule is CC(C)Cc1ccc([C@@H](C)C(=O)N[C@@H]2CCOC2=O)cc1. The molecule has 114 valence electrons. The van der Waals surface area contributed by atoms with Crippen LogP contribution in [0.2, 0.25) is 0 Å². The summed E-state index contributed by atoms with van der Waals surface area (Å²) < 4.78 is 4.85. The molecular weight excluding hydrogens is 266 g/mol. The zero-order valence-electron chi connectivity index (χ0n) is 12.9. The Bertz CT molecular complexity index is 507. The zero-order valence-corrected chi connectivity index (χ0v) is 12.9. The number of carbonyl (C=O) groups is 2. The third-order valence-electron chi connectivity index (χ3n) is 3.77. The zero-order chi connectivity index (χ0) is 15.4. The van der Waals surface area contributed by atoms with E-state index in [2.05, 4.69) is 31.3 Å². The highest BCUT2D eigenvalue weighted by molar-refractivity contribution is 5.88. The molecule has 1 saturated heterocycles. The van der Waals surface area contributed by atoms with Crippen molar-refractivity contribution in [3.05, 3.63) is 35.4 Å². The van der Waals surface area contributed by atoms with Crippen LogP contribution in [-0.4, -0.2) is 24.5 Å². The Hall–Kier alpha value is -1.84. The van der Waals surface area contributed by atoms with Crippen molar-refractivity contribution in [1.29, 1.82) is 0 Å². The molecule has 0 saturated carbocycles. The van der Waals surface area contributed by atoms with Gasteiger partial charge < -0.3 is 10.1 Å². The van der Waals surface area contributed by atoms with Crippen LogP contribution in [0.5, 0.6) is 0 Å². The topological polar surface area (TPSA) is 55.4 Å². The highest BCUT2D eigenvalue weighted by Gasteiger charge is 2.29. The second-order valence-corrected chi connectivity index (χ2v) is 6.08. The molecule has 21 heavy (non-hydrogen) atoms. The van der Waals surface area contributed by atoms with E-state index in [1.165, 1.54) is 5.56 Å². The number of benzene rings is 1. The molecular formula is C17H23NO3. The highest BCUT2D eigenvalue weighted by atomic mass is 16.5. The summed E-state index contributed by atoms with van der Waals surface area (Å²) in [6.07, 6.45) is 1.60. The molecule has 1 aromatic carbocycles. The molecule has 0 unspecified atom stereocenters. The van der Waals surface area contributed by atoms with Gasteiger partial charge in [-0.3, -0.25) is 4.79 Å². The van der Waals surface area contributed by atoms with E-state index >= 15 is 0 Å². The van der Waals surface area contributed by atoms with E-state index in [0.29, 0.717) is 18.9 Å². The molecule has 0 spiro atoms. The lowest BCUT2D eigenvalue weighted by Crippen LogP contribution is -2.40. The summed E-state index contributed by atoms with van der Waals surface area (Å²) in [6.45, 7) is 6.62. The van der Waals surface area contributed by atoms with Crippen LogP contribution in [0.4, 0.5) is 0 Å². The molecule has 1 fully saturated rings. The maximum absolute atomic E-state index is 12.2. The molecule has 2 rings (SSSR count). The first-order chi connectivity index (χ1) is 9.97. The van der Waals surface area contributed by atoms with Gasteiger partial charge in [-0.1, -0.05) is 38.1 Å². The summed E-state index contributed by atoms with van der Waals surface area (Å²) in [4.78, 5) is 23.6. The Morgan fingerprint density at radius 1 is 1.29 bits per heavy atom. The van der Waals surface area contributed by atoms with Gasteiger partial charge in [0.2, 0.25) is 5.91 Å². The number of cyclic esters (lactones) is 1. The fourth-order valence-electron chi connectivity index (χ4n) is 2.49. The van der Waals surface area contributed by atoms with Crippen molar-refractivity contribution < 1.29 is 14.3 Å². The van der Waals surface area contributed by atoms with E-state index in [9.17, 15) is 9.59 Å². The lowest BCUT2D eigenvalue weighted by molar-refractivity contribution is -0.141. The Morgan fingerprint density at radius 3 is 2.48 bits per heavy atom. The van der Waals surface area contributed by atoms with Crippen molar-refractivity contribution in [2.45, 2.75) is 45.6 Å². The summed E-state index contributed by atoms with van der Waals surface area (Å²) in [7, 11) is 0. The van der Waals surface area contributed by atoms with Crippen molar-refractivity contribution >= 4 is 11.9 Å². The summed E-state index contributed by atoms with van der Waals surface area (Å²) in [6, 6.07) is 7.65.